The Morgan fingerprint density at radius 2 is 2.29 bits per heavy atom. The second kappa shape index (κ2) is 6.71. The van der Waals surface area contributed by atoms with E-state index in [9.17, 15) is 13.2 Å². The van der Waals surface area contributed by atoms with Gasteiger partial charge >= 0.3 is 0 Å². The molecule has 0 saturated carbocycles. The van der Waals surface area contributed by atoms with Gasteiger partial charge in [-0.25, -0.2) is 13.4 Å². The van der Waals surface area contributed by atoms with Gasteiger partial charge in [-0.05, 0) is 41.8 Å². The number of sulfonamides is 1. The third kappa shape index (κ3) is 3.92. The molecule has 0 aromatic carbocycles. The molecule has 7 nitrogen and oxygen atoms in total. The van der Waals surface area contributed by atoms with Crippen LogP contribution in [0.5, 0.6) is 0 Å². The number of anilines is 1. The molecule has 1 aliphatic rings. The van der Waals surface area contributed by atoms with Gasteiger partial charge in [0.1, 0.15) is 16.8 Å². The van der Waals surface area contributed by atoms with Crippen LogP contribution in [0, 0.1) is 0 Å². The van der Waals surface area contributed by atoms with E-state index in [0.29, 0.717) is 24.0 Å². The van der Waals surface area contributed by atoms with Crippen LogP contribution in [0.2, 0.25) is 0 Å². The van der Waals surface area contributed by atoms with Gasteiger partial charge < -0.3 is 10.6 Å². The van der Waals surface area contributed by atoms with Gasteiger partial charge in [0.15, 0.2) is 0 Å². The van der Waals surface area contributed by atoms with Gasteiger partial charge in [0, 0.05) is 23.8 Å². The summed E-state index contributed by atoms with van der Waals surface area (Å²) >= 11 is 3.22. The van der Waals surface area contributed by atoms with Crippen LogP contribution in [0.25, 0.3) is 0 Å². The fraction of sp³-hybridized carbons (Fsp3) is 0.500. The third-order valence-electron chi connectivity index (χ3n) is 3.04. The Balaban J connectivity index is 2.30. The maximum Gasteiger partial charge on any atom is 0.245 e. The number of carbonyl (C=O) groups is 1. The summed E-state index contributed by atoms with van der Waals surface area (Å²) in [6, 6.07) is 0.728. The number of piperidine rings is 1. The zero-order chi connectivity index (χ0) is 15.5. The van der Waals surface area contributed by atoms with Crippen LogP contribution in [0.15, 0.2) is 21.6 Å². The predicted molar refractivity (Wildman–Crippen MR) is 82.5 cm³/mol. The van der Waals surface area contributed by atoms with E-state index in [1.54, 1.807) is 0 Å². The minimum Gasteiger partial charge on any atom is -0.369 e. The highest BCUT2D eigenvalue weighted by molar-refractivity contribution is 9.10. The first kappa shape index (κ1) is 16.2. The molecule has 21 heavy (non-hydrogen) atoms. The molecule has 0 bridgehead atoms. The molecule has 1 atom stereocenters. The number of rotatable bonds is 5. The Morgan fingerprint density at radius 1 is 1.52 bits per heavy atom. The van der Waals surface area contributed by atoms with Crippen molar-refractivity contribution in [3.05, 3.63) is 16.7 Å². The maximum atomic E-state index is 12.5. The van der Waals surface area contributed by atoms with Gasteiger partial charge in [0.2, 0.25) is 15.9 Å². The fourth-order valence-corrected chi connectivity index (χ4v) is 3.93. The number of nitrogens with zero attached hydrogens (tertiary/aromatic N) is 1. The highest BCUT2D eigenvalue weighted by Crippen LogP contribution is 2.23. The summed E-state index contributed by atoms with van der Waals surface area (Å²) in [6.45, 7) is 2.97. The molecule has 116 valence electrons. The first-order chi connectivity index (χ1) is 9.94. The monoisotopic (exact) mass is 376 g/mol. The summed E-state index contributed by atoms with van der Waals surface area (Å²) in [5.41, 5.74) is 0. The largest absolute Gasteiger partial charge is 0.369 e. The molecule has 0 spiro atoms. The van der Waals surface area contributed by atoms with E-state index in [2.05, 4.69) is 36.3 Å². The molecule has 0 radical (unpaired) electrons. The first-order valence-corrected chi connectivity index (χ1v) is 8.91. The van der Waals surface area contributed by atoms with E-state index < -0.39 is 16.1 Å². The number of pyridine rings is 1. The number of hydrogen-bond acceptors (Lipinski definition) is 5. The molecule has 1 aromatic rings. The van der Waals surface area contributed by atoms with Gasteiger partial charge in [0.05, 0.1) is 0 Å². The highest BCUT2D eigenvalue weighted by atomic mass is 79.9. The molecule has 1 aromatic heterocycles. The smallest absolute Gasteiger partial charge is 0.245 e. The Bertz CT molecular complexity index is 635. The minimum absolute atomic E-state index is 0.0251. The first-order valence-electron chi connectivity index (χ1n) is 6.63. The quantitative estimate of drug-likeness (QED) is 0.706. The minimum atomic E-state index is -3.83. The predicted octanol–water partition coefficient (Wildman–Crippen LogP) is 0.833. The van der Waals surface area contributed by atoms with Crippen LogP contribution >= 0.6 is 15.9 Å². The van der Waals surface area contributed by atoms with E-state index in [4.69, 9.17) is 0 Å². The van der Waals surface area contributed by atoms with Crippen LogP contribution in [-0.2, 0) is 14.8 Å². The Kier molecular flexibility index (Phi) is 5.17. The van der Waals surface area contributed by atoms with Crippen molar-refractivity contribution in [1.29, 1.82) is 0 Å². The number of amides is 1. The van der Waals surface area contributed by atoms with Gasteiger partial charge in [-0.3, -0.25) is 4.79 Å². The average molecular weight is 377 g/mol. The van der Waals surface area contributed by atoms with Gasteiger partial charge in [0.25, 0.3) is 0 Å². The molecule has 1 amide bonds. The zero-order valence-corrected chi connectivity index (χ0v) is 13.9. The number of carbonyl (C=O) groups excluding carboxylic acids is 1. The molecule has 3 N–H and O–H groups in total. The van der Waals surface area contributed by atoms with Gasteiger partial charge in [-0.1, -0.05) is 0 Å². The summed E-state index contributed by atoms with van der Waals surface area (Å²) < 4.78 is 28.0. The fourth-order valence-electron chi connectivity index (χ4n) is 2.06. The average Bonchev–Trinajstić information content (AvgIpc) is 2.43. The summed E-state index contributed by atoms with van der Waals surface area (Å²) in [4.78, 5) is 15.8. The number of hydrogen-bond donors (Lipinski definition) is 3. The molecule has 1 aliphatic heterocycles. The summed E-state index contributed by atoms with van der Waals surface area (Å²) in [5.74, 6) is -0.0257. The molecule has 2 heterocycles. The molecule has 9 heteroatoms. The van der Waals surface area contributed by atoms with E-state index >= 15 is 0 Å². The van der Waals surface area contributed by atoms with Crippen LogP contribution in [-0.4, -0.2) is 38.4 Å². The molecule has 2 rings (SSSR count). The van der Waals surface area contributed by atoms with Crippen molar-refractivity contribution in [3.8, 4) is 0 Å². The zero-order valence-electron chi connectivity index (χ0n) is 11.5. The van der Waals surface area contributed by atoms with Gasteiger partial charge in [-0.2, -0.15) is 4.72 Å². The number of aromatic nitrogens is 1. The van der Waals surface area contributed by atoms with Gasteiger partial charge in [-0.15, -0.1) is 0 Å². The highest BCUT2D eigenvalue weighted by Gasteiger charge is 2.29. The van der Waals surface area contributed by atoms with Crippen molar-refractivity contribution in [2.45, 2.75) is 30.7 Å². The van der Waals surface area contributed by atoms with E-state index in [-0.39, 0.29) is 16.6 Å². The SMILES string of the molecule is CCNc1ncc(Br)cc1S(=O)(=O)NC1CCCNC1=O. The van der Waals surface area contributed by atoms with Crippen molar-refractivity contribution < 1.29 is 13.2 Å². The molecule has 1 saturated heterocycles. The number of halogens is 1. The molecule has 1 unspecified atom stereocenters. The topological polar surface area (TPSA) is 100 Å². The lowest BCUT2D eigenvalue weighted by Crippen LogP contribution is -2.50. The lowest BCUT2D eigenvalue weighted by Gasteiger charge is -2.23. The van der Waals surface area contributed by atoms with E-state index in [1.165, 1.54) is 12.3 Å². The molecular formula is C12H17BrN4O3S. The van der Waals surface area contributed by atoms with Crippen molar-refractivity contribution in [2.75, 3.05) is 18.4 Å². The summed E-state index contributed by atoms with van der Waals surface area (Å²) in [6.07, 6.45) is 2.75. The van der Waals surface area contributed by atoms with Crippen LogP contribution in [0.1, 0.15) is 19.8 Å². The lowest BCUT2D eigenvalue weighted by atomic mass is 10.1. The normalized spacial score (nSPS) is 19.1. The summed E-state index contributed by atoms with van der Waals surface area (Å²) in [7, 11) is -3.83. The molecule has 0 aliphatic carbocycles. The Morgan fingerprint density at radius 3 is 2.95 bits per heavy atom. The summed E-state index contributed by atoms with van der Waals surface area (Å²) in [5, 5.41) is 5.56. The number of nitrogens with one attached hydrogen (secondary N) is 3. The van der Waals surface area contributed by atoms with Crippen molar-refractivity contribution in [1.82, 2.24) is 15.0 Å². The lowest BCUT2D eigenvalue weighted by molar-refractivity contribution is -0.124. The maximum absolute atomic E-state index is 12.5. The third-order valence-corrected chi connectivity index (χ3v) is 4.95. The Labute approximate surface area is 132 Å². The standard InChI is InChI=1S/C12H17BrN4O3S/c1-2-14-11-10(6-8(13)7-16-11)21(19,20)17-9-4-3-5-15-12(9)18/h6-7,9,17H,2-5H2,1H3,(H,14,16)(H,15,18). The van der Waals surface area contributed by atoms with Crippen LogP contribution < -0.4 is 15.4 Å². The van der Waals surface area contributed by atoms with Crippen LogP contribution in [0.3, 0.4) is 0 Å². The second-order valence-electron chi connectivity index (χ2n) is 4.64. The van der Waals surface area contributed by atoms with E-state index in [1.807, 2.05) is 6.92 Å². The van der Waals surface area contributed by atoms with E-state index in [0.717, 1.165) is 6.42 Å². The van der Waals surface area contributed by atoms with Crippen molar-refractivity contribution in [3.63, 3.8) is 0 Å². The van der Waals surface area contributed by atoms with Crippen LogP contribution in [0.4, 0.5) is 5.82 Å². The molecule has 1 fully saturated rings. The van der Waals surface area contributed by atoms with Crippen molar-refractivity contribution >= 4 is 37.7 Å². The molecular weight excluding hydrogens is 360 g/mol. The van der Waals surface area contributed by atoms with Crippen molar-refractivity contribution in [2.24, 2.45) is 0 Å². The second-order valence-corrected chi connectivity index (χ2v) is 7.24. The Hall–Kier alpha value is -1.19.